The van der Waals surface area contributed by atoms with E-state index >= 15 is 0 Å². The lowest BCUT2D eigenvalue weighted by atomic mass is 10.3. The van der Waals surface area contributed by atoms with Crippen LogP contribution in [-0.4, -0.2) is 48.0 Å². The quantitative estimate of drug-likeness (QED) is 0.412. The first kappa shape index (κ1) is 11.7. The Morgan fingerprint density at radius 2 is 1.79 bits per heavy atom. The molecule has 0 aromatic carbocycles. The lowest BCUT2D eigenvalue weighted by Gasteiger charge is -2.59. The molecule has 1 aliphatic rings. The Kier molecular flexibility index (Phi) is 3.03. The van der Waals surface area contributed by atoms with Gasteiger partial charge in [-0.1, -0.05) is 0 Å². The number of rotatable bonds is 2. The summed E-state index contributed by atoms with van der Waals surface area (Å²) < 4.78 is 3.11. The second-order valence-corrected chi connectivity index (χ2v) is 12.0. The number of hydrogen-bond donors (Lipinski definition) is 2. The Labute approximate surface area is 87.9 Å². The third-order valence-electron chi connectivity index (χ3n) is 3.37. The van der Waals surface area contributed by atoms with Crippen LogP contribution in [-0.2, 0) is 0 Å². The fourth-order valence-electron chi connectivity index (χ4n) is 1.92. The molecule has 4 heteroatoms. The molecule has 0 spiro atoms. The van der Waals surface area contributed by atoms with E-state index in [-0.39, 0.29) is 0 Å². The van der Waals surface area contributed by atoms with Crippen molar-refractivity contribution in [1.29, 1.82) is 5.26 Å². The molecule has 1 heterocycles. The standard InChI is InChI=1S/C10H23N3S/c1-10(2)13-5-7-14(3,4,8-6-13)12-9-11/h10,12,14H,5-8H2,1-4H3. The van der Waals surface area contributed by atoms with Gasteiger partial charge in [-0.05, 0) is 37.9 Å². The molecule has 1 fully saturated rings. The first-order chi connectivity index (χ1) is 6.35. The van der Waals surface area contributed by atoms with Crippen LogP contribution < -0.4 is 4.72 Å². The molecule has 0 amide bonds. The Morgan fingerprint density at radius 3 is 2.14 bits per heavy atom. The fraction of sp³-hybridized carbons (Fsp3) is 0.900. The van der Waals surface area contributed by atoms with Crippen LogP contribution in [0.1, 0.15) is 13.8 Å². The summed E-state index contributed by atoms with van der Waals surface area (Å²) in [4.78, 5) is 2.50. The van der Waals surface area contributed by atoms with Gasteiger partial charge in [0, 0.05) is 19.1 Å². The molecule has 0 saturated carbocycles. The van der Waals surface area contributed by atoms with E-state index in [9.17, 15) is 0 Å². The summed E-state index contributed by atoms with van der Waals surface area (Å²) in [5.41, 5.74) is 0. The molecule has 0 radical (unpaired) electrons. The Balaban J connectivity index is 2.62. The molecule has 0 aliphatic carbocycles. The van der Waals surface area contributed by atoms with Gasteiger partial charge in [-0.15, -0.1) is 0 Å². The molecule has 1 rings (SSSR count). The molecule has 3 nitrogen and oxygen atoms in total. The van der Waals surface area contributed by atoms with Crippen molar-refractivity contribution in [3.63, 3.8) is 0 Å². The zero-order valence-corrected chi connectivity index (χ0v) is 10.6. The zero-order chi connectivity index (χ0) is 10.8. The van der Waals surface area contributed by atoms with Crippen molar-refractivity contribution in [3.8, 4) is 6.19 Å². The zero-order valence-electron chi connectivity index (χ0n) is 9.75. The second-order valence-electron chi connectivity index (χ2n) is 5.50. The Hall–Kier alpha value is -0.400. The summed E-state index contributed by atoms with van der Waals surface area (Å²) in [5.74, 6) is 2.33. The van der Waals surface area contributed by atoms with Gasteiger partial charge in [-0.25, -0.2) is 9.35 Å². The highest BCUT2D eigenvalue weighted by Gasteiger charge is 2.35. The molecule has 1 aliphatic heterocycles. The molecule has 1 saturated heterocycles. The van der Waals surface area contributed by atoms with Gasteiger partial charge in [0.25, 0.3) is 0 Å². The normalized spacial score (nSPS) is 28.7. The minimum absolute atomic E-state index is 0.637. The van der Waals surface area contributed by atoms with E-state index in [1.165, 1.54) is 0 Å². The van der Waals surface area contributed by atoms with Crippen molar-refractivity contribution in [2.75, 3.05) is 37.1 Å². The van der Waals surface area contributed by atoms with Gasteiger partial charge in [0.15, 0.2) is 6.19 Å². The molecule has 0 aromatic heterocycles. The maximum absolute atomic E-state index is 8.78. The van der Waals surface area contributed by atoms with E-state index in [0.717, 1.165) is 24.6 Å². The van der Waals surface area contributed by atoms with Crippen LogP contribution in [0.2, 0.25) is 0 Å². The van der Waals surface area contributed by atoms with Gasteiger partial charge >= 0.3 is 0 Å². The van der Waals surface area contributed by atoms with Crippen LogP contribution >= 0.6 is 9.35 Å². The minimum atomic E-state index is -1.84. The van der Waals surface area contributed by atoms with Crippen molar-refractivity contribution < 1.29 is 0 Å². The van der Waals surface area contributed by atoms with Crippen molar-refractivity contribution in [3.05, 3.63) is 0 Å². The average Bonchev–Trinajstić information content (AvgIpc) is 2.03. The molecule has 1 N–H and O–H groups in total. The summed E-state index contributed by atoms with van der Waals surface area (Å²) in [6.45, 7) is 6.75. The van der Waals surface area contributed by atoms with Crippen molar-refractivity contribution >= 4 is 9.35 Å². The number of hydrogen-bond acceptors (Lipinski definition) is 3. The highest BCUT2D eigenvalue weighted by molar-refractivity contribution is 8.47. The number of nitrogens with zero attached hydrogens (tertiary/aromatic N) is 2. The molecular weight excluding hydrogens is 194 g/mol. The number of thiol groups is 1. The lowest BCUT2D eigenvalue weighted by molar-refractivity contribution is 0.243. The molecule has 0 aromatic rings. The molecule has 0 unspecified atom stereocenters. The van der Waals surface area contributed by atoms with Crippen molar-refractivity contribution in [2.45, 2.75) is 19.9 Å². The summed E-state index contributed by atoms with van der Waals surface area (Å²) in [6, 6.07) is 0.637. The van der Waals surface area contributed by atoms with Crippen LogP contribution in [0.15, 0.2) is 0 Å². The smallest absolute Gasteiger partial charge is 0.184 e. The fourth-order valence-corrected chi connectivity index (χ4v) is 4.51. The summed E-state index contributed by atoms with van der Waals surface area (Å²) >= 11 is 0. The summed E-state index contributed by atoms with van der Waals surface area (Å²) in [7, 11) is -1.84. The Morgan fingerprint density at radius 1 is 1.29 bits per heavy atom. The highest BCUT2D eigenvalue weighted by Crippen LogP contribution is 2.59. The average molecular weight is 217 g/mol. The first-order valence-electron chi connectivity index (χ1n) is 5.27. The van der Waals surface area contributed by atoms with E-state index in [4.69, 9.17) is 5.26 Å². The van der Waals surface area contributed by atoms with E-state index in [0.29, 0.717) is 6.04 Å². The van der Waals surface area contributed by atoms with E-state index in [1.54, 1.807) is 0 Å². The van der Waals surface area contributed by atoms with Gasteiger partial charge in [0.1, 0.15) is 0 Å². The molecular formula is C10H23N3S. The van der Waals surface area contributed by atoms with Crippen molar-refractivity contribution in [1.82, 2.24) is 9.62 Å². The van der Waals surface area contributed by atoms with E-state index in [1.807, 2.05) is 0 Å². The second kappa shape index (κ2) is 3.63. The Bertz CT molecular complexity index is 243. The third kappa shape index (κ3) is 2.55. The molecule has 0 bridgehead atoms. The van der Waals surface area contributed by atoms with Crippen molar-refractivity contribution in [2.24, 2.45) is 0 Å². The van der Waals surface area contributed by atoms with E-state index < -0.39 is 9.35 Å². The van der Waals surface area contributed by atoms with Gasteiger partial charge < -0.3 is 4.72 Å². The third-order valence-corrected chi connectivity index (χ3v) is 7.50. The van der Waals surface area contributed by atoms with Gasteiger partial charge in [-0.2, -0.15) is 5.26 Å². The predicted molar refractivity (Wildman–Crippen MR) is 66.0 cm³/mol. The van der Waals surface area contributed by atoms with Crippen LogP contribution in [0, 0.1) is 11.5 Å². The van der Waals surface area contributed by atoms with Gasteiger partial charge in [0.2, 0.25) is 0 Å². The van der Waals surface area contributed by atoms with E-state index in [2.05, 4.69) is 42.2 Å². The monoisotopic (exact) mass is 217 g/mol. The van der Waals surface area contributed by atoms with Crippen LogP contribution in [0.25, 0.3) is 0 Å². The van der Waals surface area contributed by atoms with Gasteiger partial charge in [0.05, 0.1) is 0 Å². The molecule has 14 heavy (non-hydrogen) atoms. The largest absolute Gasteiger partial charge is 0.302 e. The maximum atomic E-state index is 8.78. The molecule has 84 valence electrons. The molecule has 0 atom stereocenters. The number of nitrogens with one attached hydrogen (secondary N) is 1. The SMILES string of the molecule is CC(C)N1CC[SH](C)(C)(NC#N)CC1. The summed E-state index contributed by atoms with van der Waals surface area (Å²) in [5, 5.41) is 8.78. The minimum Gasteiger partial charge on any atom is -0.302 e. The van der Waals surface area contributed by atoms with Gasteiger partial charge in [-0.3, -0.25) is 4.90 Å². The van der Waals surface area contributed by atoms with Crippen LogP contribution in [0.5, 0.6) is 0 Å². The highest BCUT2D eigenvalue weighted by atomic mass is 32.3. The number of nitriles is 1. The predicted octanol–water partition coefficient (Wildman–Crippen LogP) is 1.03. The van der Waals surface area contributed by atoms with Crippen LogP contribution in [0.4, 0.5) is 0 Å². The van der Waals surface area contributed by atoms with Crippen LogP contribution in [0.3, 0.4) is 0 Å². The summed E-state index contributed by atoms with van der Waals surface area (Å²) in [6.07, 6.45) is 6.72. The maximum Gasteiger partial charge on any atom is 0.184 e. The lowest BCUT2D eigenvalue weighted by Crippen LogP contribution is -2.50. The first-order valence-corrected chi connectivity index (χ1v) is 8.77. The topological polar surface area (TPSA) is 39.1 Å².